The fourth-order valence-corrected chi connectivity index (χ4v) is 7.10. The maximum atomic E-state index is 13.3. The predicted octanol–water partition coefficient (Wildman–Crippen LogP) is 5.57. The molecule has 0 amide bonds. The molecule has 0 saturated carbocycles. The Labute approximate surface area is 160 Å². The van der Waals surface area contributed by atoms with Crippen molar-refractivity contribution in [1.82, 2.24) is 0 Å². The van der Waals surface area contributed by atoms with Crippen molar-refractivity contribution in [3.63, 3.8) is 0 Å². The Balaban J connectivity index is 3.39. The molecule has 0 bridgehead atoms. The highest BCUT2D eigenvalue weighted by molar-refractivity contribution is 7.72. The number of nitrogens with zero attached hydrogens (tertiary/aromatic N) is 1. The molecule has 1 aromatic carbocycles. The first-order valence-electron chi connectivity index (χ1n) is 8.41. The van der Waals surface area contributed by atoms with Gasteiger partial charge in [-0.25, -0.2) is 0 Å². The minimum Gasteiger partial charge on any atom is -0.307 e. The van der Waals surface area contributed by atoms with Gasteiger partial charge >= 0.3 is 15.2 Å². The molecule has 0 aromatic heterocycles. The molecule has 0 heterocycles. The van der Waals surface area contributed by atoms with E-state index in [-0.39, 0.29) is 26.4 Å². The lowest BCUT2D eigenvalue weighted by Gasteiger charge is -2.28. The lowest BCUT2D eigenvalue weighted by molar-refractivity contribution is 0.196. The molecule has 1 aromatic rings. The van der Waals surface area contributed by atoms with Gasteiger partial charge in [0.2, 0.25) is 0 Å². The standard InChI is InChI=1S/C16H26ClNO6P2/c1-5-21-25(19,22-6-2)16(26(20,23-7-3)24-8-4)18-13-14-10-9-11-15(17)12-14/h9-13,16H,5-8H2,1-4H3/b18-13+. The first-order chi connectivity index (χ1) is 12.3. The number of halogens is 1. The highest BCUT2D eigenvalue weighted by Gasteiger charge is 2.51. The average Bonchev–Trinajstić information content (AvgIpc) is 2.55. The molecular weight excluding hydrogens is 400 g/mol. The molecule has 0 unspecified atom stereocenters. The largest absolute Gasteiger partial charge is 0.367 e. The van der Waals surface area contributed by atoms with Crippen LogP contribution in [-0.4, -0.2) is 38.2 Å². The Morgan fingerprint density at radius 2 is 1.42 bits per heavy atom. The lowest BCUT2D eigenvalue weighted by atomic mass is 10.2. The van der Waals surface area contributed by atoms with Crippen LogP contribution in [0.2, 0.25) is 5.02 Å². The summed E-state index contributed by atoms with van der Waals surface area (Å²) >= 11 is 5.97. The van der Waals surface area contributed by atoms with Crippen LogP contribution >= 0.6 is 26.8 Å². The minimum absolute atomic E-state index is 0.0959. The van der Waals surface area contributed by atoms with Gasteiger partial charge in [0.25, 0.3) is 5.52 Å². The van der Waals surface area contributed by atoms with Crippen LogP contribution in [-0.2, 0) is 27.2 Å². The molecule has 1 rings (SSSR count). The van der Waals surface area contributed by atoms with Gasteiger partial charge in [-0.05, 0) is 45.4 Å². The number of aliphatic imine (C=N–C) groups is 1. The maximum absolute atomic E-state index is 13.3. The normalized spacial score (nSPS) is 13.0. The van der Waals surface area contributed by atoms with Crippen molar-refractivity contribution < 1.29 is 27.2 Å². The summed E-state index contributed by atoms with van der Waals surface area (Å²) in [6, 6.07) is 6.88. The highest BCUT2D eigenvalue weighted by atomic mass is 35.5. The third kappa shape index (κ3) is 6.58. The van der Waals surface area contributed by atoms with Crippen LogP contribution in [0.3, 0.4) is 0 Å². The van der Waals surface area contributed by atoms with E-state index < -0.39 is 20.7 Å². The summed E-state index contributed by atoms with van der Waals surface area (Å²) < 4.78 is 47.9. The second kappa shape index (κ2) is 11.4. The van der Waals surface area contributed by atoms with Gasteiger partial charge in [-0.3, -0.25) is 14.1 Å². The first-order valence-corrected chi connectivity index (χ1v) is 12.0. The molecule has 0 radical (unpaired) electrons. The number of hydrogen-bond acceptors (Lipinski definition) is 7. The minimum atomic E-state index is -3.90. The zero-order valence-electron chi connectivity index (χ0n) is 15.5. The predicted molar refractivity (Wildman–Crippen MR) is 105 cm³/mol. The molecule has 0 saturated heterocycles. The summed E-state index contributed by atoms with van der Waals surface area (Å²) in [5, 5.41) is 0.515. The molecular formula is C16H26ClNO6P2. The van der Waals surface area contributed by atoms with Crippen molar-refractivity contribution in [1.29, 1.82) is 0 Å². The summed E-state index contributed by atoms with van der Waals surface area (Å²) in [5.74, 6) is 0. The highest BCUT2D eigenvalue weighted by Crippen LogP contribution is 2.70. The van der Waals surface area contributed by atoms with Gasteiger partial charge in [0, 0.05) is 11.2 Å². The smallest absolute Gasteiger partial charge is 0.307 e. The van der Waals surface area contributed by atoms with Gasteiger partial charge in [-0.2, -0.15) is 0 Å². The van der Waals surface area contributed by atoms with Crippen LogP contribution in [0, 0.1) is 0 Å². The SMILES string of the molecule is CCOP(=O)(OCC)C(/N=C/c1cccc(Cl)c1)P(=O)(OCC)OCC. The van der Waals surface area contributed by atoms with E-state index in [0.717, 1.165) is 0 Å². The number of hydrogen-bond donors (Lipinski definition) is 0. The van der Waals surface area contributed by atoms with Crippen molar-refractivity contribution in [2.24, 2.45) is 4.99 Å². The average molecular weight is 426 g/mol. The Bertz CT molecular complexity index is 634. The van der Waals surface area contributed by atoms with E-state index >= 15 is 0 Å². The van der Waals surface area contributed by atoms with Crippen molar-refractivity contribution in [2.45, 2.75) is 33.2 Å². The third-order valence-corrected chi connectivity index (χ3v) is 8.81. The lowest BCUT2D eigenvalue weighted by Crippen LogP contribution is -2.16. The van der Waals surface area contributed by atoms with Crippen LogP contribution in [0.4, 0.5) is 0 Å². The van der Waals surface area contributed by atoms with Crippen LogP contribution in [0.5, 0.6) is 0 Å². The molecule has 10 heteroatoms. The fraction of sp³-hybridized carbons (Fsp3) is 0.562. The van der Waals surface area contributed by atoms with Gasteiger partial charge < -0.3 is 18.1 Å². The van der Waals surface area contributed by atoms with E-state index in [2.05, 4.69) is 4.99 Å². The summed E-state index contributed by atoms with van der Waals surface area (Å²) in [6.07, 6.45) is 1.41. The molecule has 7 nitrogen and oxygen atoms in total. The molecule has 0 spiro atoms. The molecule has 0 aliphatic heterocycles. The summed E-state index contributed by atoms with van der Waals surface area (Å²) in [7, 11) is -7.81. The van der Waals surface area contributed by atoms with E-state index in [1.165, 1.54) is 6.21 Å². The summed E-state index contributed by atoms with van der Waals surface area (Å²) in [4.78, 5) is 4.24. The van der Waals surface area contributed by atoms with E-state index in [4.69, 9.17) is 29.7 Å². The molecule has 148 valence electrons. The maximum Gasteiger partial charge on any atom is 0.367 e. The van der Waals surface area contributed by atoms with Crippen molar-refractivity contribution in [3.05, 3.63) is 34.9 Å². The quantitative estimate of drug-likeness (QED) is 0.321. The number of benzene rings is 1. The Hall–Kier alpha value is -0.520. The van der Waals surface area contributed by atoms with Crippen molar-refractivity contribution >= 4 is 33.0 Å². The molecule has 0 N–H and O–H groups in total. The second-order valence-corrected chi connectivity index (χ2v) is 9.94. The van der Waals surface area contributed by atoms with Crippen molar-refractivity contribution in [3.8, 4) is 0 Å². The molecule has 0 aliphatic carbocycles. The zero-order chi connectivity index (χ0) is 19.6. The zero-order valence-corrected chi connectivity index (χ0v) is 18.0. The number of rotatable bonds is 12. The Kier molecular flexibility index (Phi) is 10.3. The van der Waals surface area contributed by atoms with Crippen LogP contribution in [0.15, 0.2) is 29.3 Å². The van der Waals surface area contributed by atoms with E-state index in [9.17, 15) is 9.13 Å². The fourth-order valence-electron chi connectivity index (χ4n) is 2.14. The third-order valence-electron chi connectivity index (χ3n) is 3.01. The summed E-state index contributed by atoms with van der Waals surface area (Å²) in [5.41, 5.74) is -0.796. The Morgan fingerprint density at radius 1 is 0.962 bits per heavy atom. The first kappa shape index (κ1) is 23.5. The van der Waals surface area contributed by atoms with Crippen LogP contribution in [0.25, 0.3) is 0 Å². The monoisotopic (exact) mass is 425 g/mol. The topological polar surface area (TPSA) is 83.4 Å². The molecule has 0 atom stereocenters. The second-order valence-electron chi connectivity index (χ2n) is 4.93. The van der Waals surface area contributed by atoms with Crippen LogP contribution in [0.1, 0.15) is 33.3 Å². The van der Waals surface area contributed by atoms with E-state index in [0.29, 0.717) is 10.6 Å². The van der Waals surface area contributed by atoms with Crippen molar-refractivity contribution in [2.75, 3.05) is 26.4 Å². The van der Waals surface area contributed by atoms with Gasteiger partial charge in [0.05, 0.1) is 26.4 Å². The molecule has 26 heavy (non-hydrogen) atoms. The Morgan fingerprint density at radius 3 is 1.81 bits per heavy atom. The molecule has 0 fully saturated rings. The van der Waals surface area contributed by atoms with E-state index in [1.807, 2.05) is 0 Å². The van der Waals surface area contributed by atoms with E-state index in [1.54, 1.807) is 52.0 Å². The summed E-state index contributed by atoms with van der Waals surface area (Å²) in [6.45, 7) is 7.03. The van der Waals surface area contributed by atoms with Gasteiger partial charge in [-0.1, -0.05) is 23.7 Å². The van der Waals surface area contributed by atoms with Gasteiger partial charge in [-0.15, -0.1) is 0 Å². The molecule has 0 aliphatic rings. The van der Waals surface area contributed by atoms with Crippen LogP contribution < -0.4 is 0 Å². The van der Waals surface area contributed by atoms with Gasteiger partial charge in [0.1, 0.15) is 0 Å². The van der Waals surface area contributed by atoms with Gasteiger partial charge in [0.15, 0.2) is 0 Å².